The summed E-state index contributed by atoms with van der Waals surface area (Å²) in [4.78, 5) is 51.0. The summed E-state index contributed by atoms with van der Waals surface area (Å²) in [5, 5.41) is 0.398. The first kappa shape index (κ1) is 25.8. The molecular weight excluding hydrogens is 434 g/mol. The number of carbonyl (C=O) groups is 4. The first-order chi connectivity index (χ1) is 15.1. The van der Waals surface area contributed by atoms with E-state index in [1.165, 1.54) is 18.9 Å². The van der Waals surface area contributed by atoms with Crippen molar-refractivity contribution in [2.45, 2.75) is 64.8 Å². The van der Waals surface area contributed by atoms with Crippen LogP contribution in [0.3, 0.4) is 0 Å². The molecule has 1 fully saturated rings. The van der Waals surface area contributed by atoms with Crippen molar-refractivity contribution in [2.75, 3.05) is 13.8 Å². The molecule has 0 N–H and O–H groups in total. The zero-order valence-corrected chi connectivity index (χ0v) is 19.9. The maximum atomic E-state index is 13.1. The normalized spacial score (nSPS) is 19.4. The van der Waals surface area contributed by atoms with Crippen molar-refractivity contribution in [3.05, 3.63) is 34.9 Å². The predicted molar refractivity (Wildman–Crippen MR) is 120 cm³/mol. The van der Waals surface area contributed by atoms with Crippen molar-refractivity contribution in [1.82, 2.24) is 4.90 Å². The monoisotopic (exact) mass is 465 g/mol. The molecule has 1 aliphatic rings. The second-order valence-corrected chi connectivity index (χ2v) is 9.16. The highest BCUT2D eigenvalue weighted by atomic mass is 35.5. The molecule has 32 heavy (non-hydrogen) atoms. The number of benzene rings is 1. The average Bonchev–Trinajstić information content (AvgIpc) is 2.73. The maximum absolute atomic E-state index is 13.1. The molecule has 1 aromatic carbocycles. The highest BCUT2D eigenvalue weighted by Crippen LogP contribution is 2.42. The third kappa shape index (κ3) is 6.09. The lowest BCUT2D eigenvalue weighted by atomic mass is 9.74. The van der Waals surface area contributed by atoms with E-state index < -0.39 is 30.3 Å². The molecular formula is C24H32ClNO6. The minimum Gasteiger partial charge on any atom is -0.428 e. The summed E-state index contributed by atoms with van der Waals surface area (Å²) < 4.78 is 10.3. The van der Waals surface area contributed by atoms with E-state index in [0.29, 0.717) is 29.8 Å². The number of likely N-dealkylation sites (N-methyl/N-ethyl adjacent to an activating group) is 1. The Kier molecular flexibility index (Phi) is 9.25. The number of halogens is 1. The fourth-order valence-corrected chi connectivity index (χ4v) is 4.61. The Hall–Kier alpha value is -2.41. The molecule has 7 nitrogen and oxygen atoms in total. The lowest BCUT2D eigenvalue weighted by molar-refractivity contribution is -0.160. The molecule has 0 aromatic heterocycles. The zero-order chi connectivity index (χ0) is 23.9. The van der Waals surface area contributed by atoms with E-state index in [2.05, 4.69) is 0 Å². The van der Waals surface area contributed by atoms with Crippen LogP contribution < -0.4 is 0 Å². The molecule has 1 aliphatic carbocycles. The third-order valence-corrected chi connectivity index (χ3v) is 6.16. The van der Waals surface area contributed by atoms with E-state index in [9.17, 15) is 19.2 Å². The summed E-state index contributed by atoms with van der Waals surface area (Å²) in [5.74, 6) is -1.18. The van der Waals surface area contributed by atoms with E-state index in [1.807, 2.05) is 13.8 Å². The van der Waals surface area contributed by atoms with Crippen molar-refractivity contribution in [2.24, 2.45) is 11.8 Å². The Morgan fingerprint density at radius 2 is 1.84 bits per heavy atom. The van der Waals surface area contributed by atoms with Crippen LogP contribution in [0.1, 0.15) is 64.9 Å². The predicted octanol–water partition coefficient (Wildman–Crippen LogP) is 4.89. The molecule has 0 unspecified atom stereocenters. The van der Waals surface area contributed by atoms with Crippen LogP contribution in [-0.4, -0.2) is 42.4 Å². The van der Waals surface area contributed by atoms with Gasteiger partial charge in [0, 0.05) is 30.5 Å². The van der Waals surface area contributed by atoms with Gasteiger partial charge in [0.2, 0.25) is 6.79 Å². The summed E-state index contributed by atoms with van der Waals surface area (Å²) >= 11 is 6.40. The van der Waals surface area contributed by atoms with Crippen LogP contribution in [0.15, 0.2) is 24.3 Å². The van der Waals surface area contributed by atoms with Crippen molar-refractivity contribution in [3.8, 4) is 0 Å². The van der Waals surface area contributed by atoms with Crippen LogP contribution >= 0.6 is 11.6 Å². The van der Waals surface area contributed by atoms with E-state index in [1.54, 1.807) is 24.3 Å². The van der Waals surface area contributed by atoms with Crippen LogP contribution in [0.5, 0.6) is 0 Å². The Bertz CT molecular complexity index is 855. The minimum absolute atomic E-state index is 0.0784. The number of hydrogen-bond acceptors (Lipinski definition) is 6. The van der Waals surface area contributed by atoms with Gasteiger partial charge in [-0.1, -0.05) is 43.6 Å². The van der Waals surface area contributed by atoms with E-state index in [0.717, 1.165) is 12.8 Å². The molecule has 0 saturated heterocycles. The smallest absolute Gasteiger partial charge is 0.413 e. The molecule has 0 heterocycles. The van der Waals surface area contributed by atoms with Crippen LogP contribution in [0.2, 0.25) is 5.02 Å². The van der Waals surface area contributed by atoms with Crippen molar-refractivity contribution < 1.29 is 28.7 Å². The number of Topliss-reactive ketones (excluding diaryl/α,β-unsaturated/α-hetero) is 2. The second-order valence-electron chi connectivity index (χ2n) is 8.75. The summed E-state index contributed by atoms with van der Waals surface area (Å²) in [6.07, 6.45) is 2.05. The van der Waals surface area contributed by atoms with Crippen LogP contribution in [-0.2, 0) is 29.4 Å². The number of esters is 1. The molecule has 0 spiro atoms. The quantitative estimate of drug-likeness (QED) is 0.381. The maximum Gasteiger partial charge on any atom is 0.413 e. The van der Waals surface area contributed by atoms with Crippen LogP contribution in [0.4, 0.5) is 4.79 Å². The fraction of sp³-hybridized carbons (Fsp3) is 0.583. The van der Waals surface area contributed by atoms with Gasteiger partial charge in [0.1, 0.15) is 11.3 Å². The molecule has 0 radical (unpaired) electrons. The first-order valence-corrected chi connectivity index (χ1v) is 11.3. The van der Waals surface area contributed by atoms with E-state index >= 15 is 0 Å². The van der Waals surface area contributed by atoms with Gasteiger partial charge in [0.15, 0.2) is 5.78 Å². The van der Waals surface area contributed by atoms with E-state index in [-0.39, 0.29) is 23.9 Å². The van der Waals surface area contributed by atoms with Crippen molar-refractivity contribution in [3.63, 3.8) is 0 Å². The van der Waals surface area contributed by atoms with Gasteiger partial charge in [-0.15, -0.1) is 0 Å². The second kappa shape index (κ2) is 11.5. The molecule has 1 amide bonds. The third-order valence-electron chi connectivity index (χ3n) is 5.83. The summed E-state index contributed by atoms with van der Waals surface area (Å²) in [6.45, 7) is 4.72. The van der Waals surface area contributed by atoms with Gasteiger partial charge in [-0.2, -0.15) is 0 Å². The van der Waals surface area contributed by atoms with E-state index in [4.69, 9.17) is 21.1 Å². The Morgan fingerprint density at radius 1 is 1.16 bits per heavy atom. The van der Waals surface area contributed by atoms with Gasteiger partial charge in [-0.3, -0.25) is 14.5 Å². The summed E-state index contributed by atoms with van der Waals surface area (Å²) in [7, 11) is 1.49. The van der Waals surface area contributed by atoms with Crippen molar-refractivity contribution >= 4 is 35.2 Å². The first-order valence-electron chi connectivity index (χ1n) is 10.9. The molecule has 1 saturated carbocycles. The average molecular weight is 466 g/mol. The Labute approximate surface area is 194 Å². The van der Waals surface area contributed by atoms with Gasteiger partial charge in [0.25, 0.3) is 0 Å². The van der Waals surface area contributed by atoms with Gasteiger partial charge in [0.05, 0.1) is 5.92 Å². The highest BCUT2D eigenvalue weighted by Gasteiger charge is 2.48. The fourth-order valence-electron chi connectivity index (χ4n) is 4.32. The van der Waals surface area contributed by atoms with Crippen LogP contribution in [0, 0.1) is 11.8 Å². The number of ketones is 2. The molecule has 2 atom stereocenters. The van der Waals surface area contributed by atoms with Gasteiger partial charge < -0.3 is 14.3 Å². The zero-order valence-electron chi connectivity index (χ0n) is 19.2. The van der Waals surface area contributed by atoms with Crippen LogP contribution in [0.25, 0.3) is 0 Å². The van der Waals surface area contributed by atoms with Gasteiger partial charge >= 0.3 is 12.1 Å². The molecule has 0 bridgehead atoms. The van der Waals surface area contributed by atoms with Gasteiger partial charge in [-0.05, 0) is 44.6 Å². The number of nitrogens with zero attached hydrogens (tertiary/aromatic N) is 1. The Morgan fingerprint density at radius 3 is 2.44 bits per heavy atom. The van der Waals surface area contributed by atoms with Crippen molar-refractivity contribution in [1.29, 1.82) is 0 Å². The standard InChI is InChI=1S/C24H32ClNO6/c1-16(2)13-18(14-17(3)27)22(29)31-15-32-23(30)26(4)24(12-8-7-11-21(24)28)19-9-5-6-10-20(19)25/h5-6,9-10,16,18H,7-8,11-15H2,1-4H3/t18-,24-/m1/s1. The summed E-state index contributed by atoms with van der Waals surface area (Å²) in [5.41, 5.74) is -0.673. The SMILES string of the molecule is CC(=O)C[C@@H](CC(C)C)C(=O)OCOC(=O)N(C)[C@@]1(c2ccccc2Cl)CCCCC1=O. The Balaban J connectivity index is 2.10. The largest absolute Gasteiger partial charge is 0.428 e. The topological polar surface area (TPSA) is 90.0 Å². The number of hydrogen-bond donors (Lipinski definition) is 0. The van der Waals surface area contributed by atoms with Gasteiger partial charge in [-0.25, -0.2) is 4.79 Å². The lowest BCUT2D eigenvalue weighted by Gasteiger charge is -2.43. The summed E-state index contributed by atoms with van der Waals surface area (Å²) in [6, 6.07) is 6.97. The number of rotatable bonds is 9. The molecule has 2 rings (SSSR count). The molecule has 1 aromatic rings. The molecule has 0 aliphatic heterocycles. The number of ether oxygens (including phenoxy) is 2. The highest BCUT2D eigenvalue weighted by molar-refractivity contribution is 6.31. The number of amides is 1. The molecule has 176 valence electrons. The molecule has 8 heteroatoms. The lowest BCUT2D eigenvalue weighted by Crippen LogP contribution is -2.54. The number of carbonyl (C=O) groups excluding carboxylic acids is 4. The minimum atomic E-state index is -1.23.